The lowest BCUT2D eigenvalue weighted by atomic mass is 10.1. The van der Waals surface area contributed by atoms with Crippen LogP contribution < -0.4 is 10.5 Å². The fourth-order valence-corrected chi connectivity index (χ4v) is 3.80. The monoisotopic (exact) mass is 277 g/mol. The highest BCUT2D eigenvalue weighted by molar-refractivity contribution is 7.18. The van der Waals surface area contributed by atoms with Gasteiger partial charge in [-0.25, -0.2) is 9.97 Å². The molecule has 1 aliphatic rings. The molecular formula is C14H19N3OS. The van der Waals surface area contributed by atoms with Gasteiger partial charge in [-0.15, -0.1) is 11.3 Å². The van der Waals surface area contributed by atoms with Crippen molar-refractivity contribution < 1.29 is 4.74 Å². The third-order valence-electron chi connectivity index (χ3n) is 4.09. The molecule has 0 aromatic carbocycles. The molecule has 0 amide bonds. The first-order chi connectivity index (χ1) is 9.20. The Balaban J connectivity index is 1.96. The third-order valence-corrected chi connectivity index (χ3v) is 5.20. The summed E-state index contributed by atoms with van der Waals surface area (Å²) in [5.74, 6) is 1.20. The molecule has 1 aliphatic carbocycles. The van der Waals surface area contributed by atoms with Crippen molar-refractivity contribution in [2.24, 2.45) is 11.7 Å². The Kier molecular flexibility index (Phi) is 3.41. The summed E-state index contributed by atoms with van der Waals surface area (Å²) in [5, 5.41) is 1.08. The van der Waals surface area contributed by atoms with Gasteiger partial charge in [-0.2, -0.15) is 0 Å². The van der Waals surface area contributed by atoms with E-state index in [1.165, 1.54) is 16.9 Å². The average molecular weight is 277 g/mol. The number of nitrogens with zero attached hydrogens (tertiary/aromatic N) is 2. The lowest BCUT2D eigenvalue weighted by Gasteiger charge is -2.19. The number of hydrogen-bond donors (Lipinski definition) is 1. The third kappa shape index (κ3) is 2.21. The van der Waals surface area contributed by atoms with Crippen LogP contribution in [0.3, 0.4) is 0 Å². The minimum atomic E-state index is 0.211. The first-order valence-electron chi connectivity index (χ1n) is 6.78. The predicted octanol–water partition coefficient (Wildman–Crippen LogP) is 2.81. The second-order valence-electron chi connectivity index (χ2n) is 5.23. The standard InChI is InChI=1S/C14H19N3OS/c1-8-9(2)19-14-12(8)13(16-7-17-14)18-11-5-3-4-10(11)6-15/h7,10-11H,3-6,15H2,1-2H3. The van der Waals surface area contributed by atoms with E-state index in [4.69, 9.17) is 10.5 Å². The number of aromatic nitrogens is 2. The first kappa shape index (κ1) is 12.8. The van der Waals surface area contributed by atoms with Gasteiger partial charge < -0.3 is 10.5 Å². The molecule has 102 valence electrons. The van der Waals surface area contributed by atoms with Crippen molar-refractivity contribution in [1.82, 2.24) is 9.97 Å². The maximum absolute atomic E-state index is 6.16. The number of rotatable bonds is 3. The molecular weight excluding hydrogens is 258 g/mol. The van der Waals surface area contributed by atoms with Crippen LogP contribution in [0.25, 0.3) is 10.2 Å². The molecule has 2 aromatic heterocycles. The molecule has 19 heavy (non-hydrogen) atoms. The number of thiophene rings is 1. The highest BCUT2D eigenvalue weighted by Gasteiger charge is 2.29. The van der Waals surface area contributed by atoms with Crippen LogP contribution in [0.5, 0.6) is 5.88 Å². The van der Waals surface area contributed by atoms with Crippen LogP contribution in [-0.4, -0.2) is 22.6 Å². The Morgan fingerprint density at radius 2 is 2.21 bits per heavy atom. The smallest absolute Gasteiger partial charge is 0.225 e. The fourth-order valence-electron chi connectivity index (χ4n) is 2.81. The zero-order chi connectivity index (χ0) is 13.4. The molecule has 2 aromatic rings. The molecule has 2 heterocycles. The fraction of sp³-hybridized carbons (Fsp3) is 0.571. The first-order valence-corrected chi connectivity index (χ1v) is 7.59. The molecule has 0 saturated heterocycles. The van der Waals surface area contributed by atoms with Crippen molar-refractivity contribution in [3.8, 4) is 5.88 Å². The number of nitrogens with two attached hydrogens (primary N) is 1. The van der Waals surface area contributed by atoms with E-state index in [0.29, 0.717) is 12.5 Å². The van der Waals surface area contributed by atoms with Crippen molar-refractivity contribution >= 4 is 21.6 Å². The van der Waals surface area contributed by atoms with Crippen molar-refractivity contribution in [3.05, 3.63) is 16.8 Å². The Morgan fingerprint density at radius 1 is 1.37 bits per heavy atom. The van der Waals surface area contributed by atoms with Gasteiger partial charge >= 0.3 is 0 Å². The molecule has 5 heteroatoms. The van der Waals surface area contributed by atoms with Gasteiger partial charge in [0.2, 0.25) is 5.88 Å². The van der Waals surface area contributed by atoms with Crippen molar-refractivity contribution in [2.75, 3.05) is 6.54 Å². The van der Waals surface area contributed by atoms with Gasteiger partial charge in [-0.3, -0.25) is 0 Å². The van der Waals surface area contributed by atoms with Gasteiger partial charge in [0.15, 0.2) is 0 Å². The zero-order valence-corrected chi connectivity index (χ0v) is 12.2. The van der Waals surface area contributed by atoms with E-state index in [1.807, 2.05) is 0 Å². The van der Waals surface area contributed by atoms with Crippen LogP contribution in [-0.2, 0) is 0 Å². The number of hydrogen-bond acceptors (Lipinski definition) is 5. The summed E-state index contributed by atoms with van der Waals surface area (Å²) in [6.45, 7) is 4.92. The topological polar surface area (TPSA) is 61.0 Å². The van der Waals surface area contributed by atoms with Crippen molar-refractivity contribution in [1.29, 1.82) is 0 Å². The highest BCUT2D eigenvalue weighted by Crippen LogP contribution is 2.36. The molecule has 0 radical (unpaired) electrons. The van der Waals surface area contributed by atoms with E-state index in [0.717, 1.165) is 28.9 Å². The van der Waals surface area contributed by atoms with Gasteiger partial charge in [0, 0.05) is 10.8 Å². The van der Waals surface area contributed by atoms with Crippen LogP contribution in [0.1, 0.15) is 29.7 Å². The van der Waals surface area contributed by atoms with E-state index < -0.39 is 0 Å². The Morgan fingerprint density at radius 3 is 3.00 bits per heavy atom. The van der Waals surface area contributed by atoms with Crippen molar-refractivity contribution in [2.45, 2.75) is 39.2 Å². The maximum Gasteiger partial charge on any atom is 0.225 e. The van der Waals surface area contributed by atoms with Gasteiger partial charge in [0.05, 0.1) is 5.39 Å². The van der Waals surface area contributed by atoms with Gasteiger partial charge in [-0.05, 0) is 45.2 Å². The second-order valence-corrected chi connectivity index (χ2v) is 6.43. The second kappa shape index (κ2) is 5.06. The minimum absolute atomic E-state index is 0.211. The van der Waals surface area contributed by atoms with Crippen LogP contribution in [0, 0.1) is 19.8 Å². The summed E-state index contributed by atoms with van der Waals surface area (Å²) in [5.41, 5.74) is 7.05. The Labute approximate surface area is 117 Å². The summed E-state index contributed by atoms with van der Waals surface area (Å²) in [7, 11) is 0. The summed E-state index contributed by atoms with van der Waals surface area (Å²) in [6, 6.07) is 0. The normalized spacial score (nSPS) is 23.1. The molecule has 1 saturated carbocycles. The number of aryl methyl sites for hydroxylation is 2. The zero-order valence-electron chi connectivity index (χ0n) is 11.3. The Hall–Kier alpha value is -1.20. The summed E-state index contributed by atoms with van der Waals surface area (Å²) in [6.07, 6.45) is 5.25. The van der Waals surface area contributed by atoms with Crippen LogP contribution in [0.4, 0.5) is 0 Å². The molecule has 3 rings (SSSR count). The summed E-state index contributed by atoms with van der Waals surface area (Å²) in [4.78, 5) is 11.0. The maximum atomic E-state index is 6.16. The minimum Gasteiger partial charge on any atom is -0.473 e. The Bertz CT molecular complexity index is 596. The molecule has 0 bridgehead atoms. The van der Waals surface area contributed by atoms with Gasteiger partial charge in [-0.1, -0.05) is 0 Å². The summed E-state index contributed by atoms with van der Waals surface area (Å²) < 4.78 is 6.16. The predicted molar refractivity (Wildman–Crippen MR) is 77.7 cm³/mol. The highest BCUT2D eigenvalue weighted by atomic mass is 32.1. The average Bonchev–Trinajstić information content (AvgIpc) is 2.96. The molecule has 0 aliphatic heterocycles. The van der Waals surface area contributed by atoms with Gasteiger partial charge in [0.25, 0.3) is 0 Å². The van der Waals surface area contributed by atoms with E-state index in [2.05, 4.69) is 23.8 Å². The number of ether oxygens (including phenoxy) is 1. The lowest BCUT2D eigenvalue weighted by Crippen LogP contribution is -2.28. The SMILES string of the molecule is Cc1sc2ncnc(OC3CCCC3CN)c2c1C. The molecule has 2 atom stereocenters. The summed E-state index contributed by atoms with van der Waals surface area (Å²) >= 11 is 1.70. The van der Waals surface area contributed by atoms with E-state index in [1.54, 1.807) is 17.7 Å². The molecule has 4 nitrogen and oxygen atoms in total. The van der Waals surface area contributed by atoms with Crippen LogP contribution >= 0.6 is 11.3 Å². The lowest BCUT2D eigenvalue weighted by molar-refractivity contribution is 0.158. The molecule has 2 N–H and O–H groups in total. The van der Waals surface area contributed by atoms with Crippen LogP contribution in [0.15, 0.2) is 6.33 Å². The van der Waals surface area contributed by atoms with Gasteiger partial charge in [0.1, 0.15) is 17.3 Å². The number of fused-ring (bicyclic) bond motifs is 1. The molecule has 0 spiro atoms. The van der Waals surface area contributed by atoms with Crippen molar-refractivity contribution in [3.63, 3.8) is 0 Å². The van der Waals surface area contributed by atoms with E-state index in [-0.39, 0.29) is 6.10 Å². The van der Waals surface area contributed by atoms with Crippen LogP contribution in [0.2, 0.25) is 0 Å². The largest absolute Gasteiger partial charge is 0.473 e. The molecule has 2 unspecified atom stereocenters. The van der Waals surface area contributed by atoms with E-state index in [9.17, 15) is 0 Å². The quantitative estimate of drug-likeness (QED) is 0.937. The molecule has 1 fully saturated rings. The van der Waals surface area contributed by atoms with E-state index >= 15 is 0 Å².